The Hall–Kier alpha value is -1.76. The molecule has 1 unspecified atom stereocenters. The van der Waals surface area contributed by atoms with Crippen LogP contribution in [0.5, 0.6) is 0 Å². The van der Waals surface area contributed by atoms with Gasteiger partial charge in [-0.05, 0) is 68.4 Å². The van der Waals surface area contributed by atoms with Crippen LogP contribution in [-0.2, 0) is 6.54 Å². The summed E-state index contributed by atoms with van der Waals surface area (Å²) in [5.41, 5.74) is 7.30. The first kappa shape index (κ1) is 15.1. The molecule has 0 fully saturated rings. The largest absolute Gasteiger partial charge is 0.362 e. The molecule has 0 bridgehead atoms. The molecule has 2 aromatic rings. The van der Waals surface area contributed by atoms with Crippen LogP contribution in [0.4, 0.5) is 5.69 Å². The minimum absolute atomic E-state index is 0.184. The van der Waals surface area contributed by atoms with Crippen LogP contribution in [0.2, 0.25) is 0 Å². The summed E-state index contributed by atoms with van der Waals surface area (Å²) in [6.07, 6.45) is 1.20. The second-order valence-electron chi connectivity index (χ2n) is 7.48. The first-order valence-electron chi connectivity index (χ1n) is 8.31. The molecule has 0 aromatic heterocycles. The number of hydrogen-bond acceptors (Lipinski definition) is 1. The highest BCUT2D eigenvalue weighted by Gasteiger charge is 2.36. The highest BCUT2D eigenvalue weighted by atomic mass is 15.2. The van der Waals surface area contributed by atoms with Crippen LogP contribution in [0, 0.1) is 13.8 Å². The maximum atomic E-state index is 2.60. The summed E-state index contributed by atoms with van der Waals surface area (Å²) >= 11 is 0. The van der Waals surface area contributed by atoms with Crippen molar-refractivity contribution in [2.24, 2.45) is 0 Å². The molecule has 22 heavy (non-hydrogen) atoms. The van der Waals surface area contributed by atoms with E-state index in [1.54, 1.807) is 0 Å². The van der Waals surface area contributed by atoms with Crippen LogP contribution >= 0.6 is 0 Å². The van der Waals surface area contributed by atoms with Crippen LogP contribution in [0.1, 0.15) is 55.4 Å². The standard InChI is InChI=1S/C21H27N/c1-15-11-19-17(3)13-21(4,5)22(20(19)12-16(15)2)14-18-9-7-6-8-10-18/h6-12,17H,13-14H2,1-5H3. The van der Waals surface area contributed by atoms with E-state index in [0.717, 1.165) is 6.54 Å². The summed E-state index contributed by atoms with van der Waals surface area (Å²) in [7, 11) is 0. The molecule has 1 aliphatic heterocycles. The van der Waals surface area contributed by atoms with Gasteiger partial charge in [0.15, 0.2) is 0 Å². The third-order valence-electron chi connectivity index (χ3n) is 5.18. The second-order valence-corrected chi connectivity index (χ2v) is 7.48. The lowest BCUT2D eigenvalue weighted by Crippen LogP contribution is -2.47. The third kappa shape index (κ3) is 2.65. The monoisotopic (exact) mass is 293 g/mol. The van der Waals surface area contributed by atoms with Crippen molar-refractivity contribution in [1.82, 2.24) is 0 Å². The van der Waals surface area contributed by atoms with Crippen LogP contribution in [0.25, 0.3) is 0 Å². The fourth-order valence-electron chi connectivity index (χ4n) is 3.81. The summed E-state index contributed by atoms with van der Waals surface area (Å²) in [6, 6.07) is 15.6. The maximum Gasteiger partial charge on any atom is 0.0435 e. The third-order valence-corrected chi connectivity index (χ3v) is 5.18. The molecule has 0 N–H and O–H groups in total. The SMILES string of the molecule is Cc1cc2c(cc1C)N(Cc1ccccc1)C(C)(C)CC2C. The zero-order valence-corrected chi connectivity index (χ0v) is 14.5. The lowest BCUT2D eigenvalue weighted by Gasteiger charge is -2.48. The molecule has 1 nitrogen and oxygen atoms in total. The summed E-state index contributed by atoms with van der Waals surface area (Å²) in [6.45, 7) is 12.6. The zero-order valence-electron chi connectivity index (χ0n) is 14.5. The molecule has 3 rings (SSSR count). The van der Waals surface area contributed by atoms with Crippen LogP contribution in [0.3, 0.4) is 0 Å². The van der Waals surface area contributed by atoms with Gasteiger partial charge in [0, 0.05) is 17.8 Å². The Balaban J connectivity index is 2.08. The average molecular weight is 293 g/mol. The summed E-state index contributed by atoms with van der Waals surface area (Å²) < 4.78 is 0. The van der Waals surface area contributed by atoms with Gasteiger partial charge < -0.3 is 4.90 Å². The highest BCUT2D eigenvalue weighted by Crippen LogP contribution is 2.44. The Labute approximate surface area is 135 Å². The van der Waals surface area contributed by atoms with Crippen LogP contribution < -0.4 is 4.90 Å². The van der Waals surface area contributed by atoms with E-state index < -0.39 is 0 Å². The van der Waals surface area contributed by atoms with Crippen molar-refractivity contribution in [2.75, 3.05) is 4.90 Å². The van der Waals surface area contributed by atoms with Crippen molar-refractivity contribution < 1.29 is 0 Å². The quantitative estimate of drug-likeness (QED) is 0.697. The zero-order chi connectivity index (χ0) is 15.9. The average Bonchev–Trinajstić information content (AvgIpc) is 2.46. The molecule has 2 aromatic carbocycles. The van der Waals surface area contributed by atoms with Gasteiger partial charge in [-0.2, -0.15) is 0 Å². The van der Waals surface area contributed by atoms with E-state index in [-0.39, 0.29) is 5.54 Å². The van der Waals surface area contributed by atoms with E-state index in [0.29, 0.717) is 5.92 Å². The summed E-state index contributed by atoms with van der Waals surface area (Å²) in [5, 5.41) is 0. The lowest BCUT2D eigenvalue weighted by molar-refractivity contribution is 0.374. The summed E-state index contributed by atoms with van der Waals surface area (Å²) in [4.78, 5) is 2.60. The van der Waals surface area contributed by atoms with Crippen molar-refractivity contribution in [3.63, 3.8) is 0 Å². The first-order valence-corrected chi connectivity index (χ1v) is 8.31. The number of fused-ring (bicyclic) bond motifs is 1. The number of benzene rings is 2. The van der Waals surface area contributed by atoms with Gasteiger partial charge in [0.25, 0.3) is 0 Å². The second kappa shape index (κ2) is 5.46. The van der Waals surface area contributed by atoms with Crippen molar-refractivity contribution in [3.8, 4) is 0 Å². The number of anilines is 1. The van der Waals surface area contributed by atoms with Gasteiger partial charge >= 0.3 is 0 Å². The van der Waals surface area contributed by atoms with Crippen molar-refractivity contribution in [2.45, 2.75) is 59.0 Å². The summed E-state index contributed by atoms with van der Waals surface area (Å²) in [5.74, 6) is 0.622. The van der Waals surface area contributed by atoms with Crippen LogP contribution in [-0.4, -0.2) is 5.54 Å². The van der Waals surface area contributed by atoms with Gasteiger partial charge in [-0.1, -0.05) is 43.3 Å². The molecule has 0 radical (unpaired) electrons. The molecule has 1 aliphatic rings. The van der Waals surface area contributed by atoms with E-state index in [1.165, 1.54) is 34.4 Å². The number of hydrogen-bond donors (Lipinski definition) is 0. The molecular formula is C21H27N. The van der Waals surface area contributed by atoms with Gasteiger partial charge in [0.05, 0.1) is 0 Å². The molecule has 0 spiro atoms. The Kier molecular flexibility index (Phi) is 3.76. The minimum atomic E-state index is 0.184. The molecule has 0 amide bonds. The van der Waals surface area contributed by atoms with Gasteiger partial charge in [-0.15, -0.1) is 0 Å². The van der Waals surface area contributed by atoms with Gasteiger partial charge in [0.1, 0.15) is 0 Å². The fourth-order valence-corrected chi connectivity index (χ4v) is 3.81. The molecule has 1 heteroatoms. The highest BCUT2D eigenvalue weighted by molar-refractivity contribution is 5.62. The predicted octanol–water partition coefficient (Wildman–Crippen LogP) is 5.60. The van der Waals surface area contributed by atoms with E-state index >= 15 is 0 Å². The Morgan fingerprint density at radius 3 is 2.36 bits per heavy atom. The van der Waals surface area contributed by atoms with E-state index in [9.17, 15) is 0 Å². The molecule has 116 valence electrons. The predicted molar refractivity (Wildman–Crippen MR) is 95.7 cm³/mol. The first-order chi connectivity index (χ1) is 10.4. The van der Waals surface area contributed by atoms with Gasteiger partial charge in [0.2, 0.25) is 0 Å². The van der Waals surface area contributed by atoms with Crippen molar-refractivity contribution in [3.05, 3.63) is 64.7 Å². The molecule has 1 heterocycles. The normalized spacial score (nSPS) is 19.9. The molecule has 0 saturated carbocycles. The van der Waals surface area contributed by atoms with E-state index in [1.807, 2.05) is 0 Å². The smallest absolute Gasteiger partial charge is 0.0435 e. The number of aryl methyl sites for hydroxylation is 2. The maximum absolute atomic E-state index is 2.60. The molecule has 0 saturated heterocycles. The van der Waals surface area contributed by atoms with Crippen molar-refractivity contribution >= 4 is 5.69 Å². The van der Waals surface area contributed by atoms with E-state index in [2.05, 4.69) is 82.0 Å². The topological polar surface area (TPSA) is 3.24 Å². The molecule has 1 atom stereocenters. The lowest BCUT2D eigenvalue weighted by atomic mass is 9.79. The fraction of sp³-hybridized carbons (Fsp3) is 0.429. The Morgan fingerprint density at radius 2 is 1.68 bits per heavy atom. The number of rotatable bonds is 2. The van der Waals surface area contributed by atoms with E-state index in [4.69, 9.17) is 0 Å². The Morgan fingerprint density at radius 1 is 1.05 bits per heavy atom. The minimum Gasteiger partial charge on any atom is -0.362 e. The molecular weight excluding hydrogens is 266 g/mol. The number of nitrogens with zero attached hydrogens (tertiary/aromatic N) is 1. The van der Waals surface area contributed by atoms with Crippen molar-refractivity contribution in [1.29, 1.82) is 0 Å². The van der Waals surface area contributed by atoms with Crippen LogP contribution in [0.15, 0.2) is 42.5 Å². The van der Waals surface area contributed by atoms with Gasteiger partial charge in [-0.3, -0.25) is 0 Å². The Bertz CT molecular complexity index is 670. The molecule has 0 aliphatic carbocycles. The van der Waals surface area contributed by atoms with Gasteiger partial charge in [-0.25, -0.2) is 0 Å².